The number of aliphatic hydroxyl groups is 1. The Balaban J connectivity index is 2.70. The zero-order valence-electron chi connectivity index (χ0n) is 9.72. The zero-order chi connectivity index (χ0) is 14.5. The van der Waals surface area contributed by atoms with E-state index in [1.165, 1.54) is 0 Å². The molecular weight excluding hydrogens is 284 g/mol. The van der Waals surface area contributed by atoms with Gasteiger partial charge in [0.15, 0.2) is 5.11 Å². The summed E-state index contributed by atoms with van der Waals surface area (Å²) in [5.41, 5.74) is -1.05. The van der Waals surface area contributed by atoms with Crippen LogP contribution in [0.3, 0.4) is 0 Å². The third-order valence-corrected chi connectivity index (χ3v) is 2.50. The Bertz CT molecular complexity index is 451. The normalized spacial score (nSPS) is 11.2. The van der Waals surface area contributed by atoms with Gasteiger partial charge in [-0.15, -0.1) is 0 Å². The first-order chi connectivity index (χ1) is 8.84. The van der Waals surface area contributed by atoms with Crippen LogP contribution >= 0.6 is 12.2 Å². The smallest absolute Gasteiger partial charge is 0.395 e. The molecule has 3 N–H and O–H groups in total. The molecule has 0 heterocycles. The summed E-state index contributed by atoms with van der Waals surface area (Å²) < 4.78 is 50.7. The van der Waals surface area contributed by atoms with Crippen LogP contribution in [0.5, 0.6) is 0 Å². The first-order valence-electron chi connectivity index (χ1n) is 5.32. The molecule has 0 saturated carbocycles. The molecule has 19 heavy (non-hydrogen) atoms. The van der Waals surface area contributed by atoms with Crippen LogP contribution in [0.1, 0.15) is 11.1 Å². The Morgan fingerprint density at radius 2 is 1.95 bits per heavy atom. The van der Waals surface area contributed by atoms with Crippen molar-refractivity contribution < 1.29 is 22.7 Å². The first-order valence-corrected chi connectivity index (χ1v) is 5.73. The number of nitrogens with one attached hydrogen (secondary N) is 2. The summed E-state index contributed by atoms with van der Waals surface area (Å²) in [6.07, 6.45) is -4.52. The molecule has 0 unspecified atom stereocenters. The molecule has 3 nitrogen and oxygen atoms in total. The summed E-state index contributed by atoms with van der Waals surface area (Å²) in [4.78, 5) is 0. The number of rotatable bonds is 4. The lowest BCUT2D eigenvalue weighted by atomic mass is 10.1. The molecule has 0 bridgehead atoms. The van der Waals surface area contributed by atoms with Crippen LogP contribution in [0.15, 0.2) is 18.2 Å². The van der Waals surface area contributed by atoms with Crippen molar-refractivity contribution in [2.75, 3.05) is 13.2 Å². The highest BCUT2D eigenvalue weighted by Gasteiger charge is 2.30. The van der Waals surface area contributed by atoms with E-state index in [4.69, 9.17) is 17.3 Å². The lowest BCUT2D eigenvalue weighted by Crippen LogP contribution is -2.36. The van der Waals surface area contributed by atoms with Gasteiger partial charge in [0.05, 0.1) is 12.2 Å². The molecule has 1 aromatic carbocycles. The molecule has 0 fully saturated rings. The highest BCUT2D eigenvalue weighted by atomic mass is 32.1. The Kier molecular flexibility index (Phi) is 5.49. The third kappa shape index (κ3) is 4.99. The number of alkyl halides is 3. The summed E-state index contributed by atoms with van der Waals surface area (Å²) in [5.74, 6) is -0.745. The average Bonchev–Trinajstić information content (AvgIpc) is 2.33. The zero-order valence-corrected chi connectivity index (χ0v) is 10.5. The van der Waals surface area contributed by atoms with Gasteiger partial charge < -0.3 is 15.7 Å². The molecule has 0 spiro atoms. The number of halogens is 4. The predicted octanol–water partition coefficient (Wildman–Crippen LogP) is 1.80. The Morgan fingerprint density at radius 1 is 1.26 bits per heavy atom. The molecule has 0 aliphatic carbocycles. The minimum Gasteiger partial charge on any atom is -0.395 e. The van der Waals surface area contributed by atoms with Crippen molar-refractivity contribution >= 4 is 17.3 Å². The van der Waals surface area contributed by atoms with Crippen molar-refractivity contribution in [1.82, 2.24) is 10.6 Å². The van der Waals surface area contributed by atoms with Crippen molar-refractivity contribution in [2.45, 2.75) is 12.7 Å². The monoisotopic (exact) mass is 296 g/mol. The van der Waals surface area contributed by atoms with Crippen LogP contribution in [0.25, 0.3) is 0 Å². The summed E-state index contributed by atoms with van der Waals surface area (Å²) >= 11 is 4.79. The highest BCUT2D eigenvalue weighted by Crippen LogP contribution is 2.30. The fourth-order valence-electron chi connectivity index (χ4n) is 1.29. The van der Waals surface area contributed by atoms with Gasteiger partial charge in [0, 0.05) is 18.7 Å². The van der Waals surface area contributed by atoms with E-state index in [0.717, 1.165) is 12.1 Å². The molecule has 0 aliphatic heterocycles. The fourth-order valence-corrected chi connectivity index (χ4v) is 1.47. The fraction of sp³-hybridized carbons (Fsp3) is 0.364. The molecule has 0 amide bonds. The van der Waals surface area contributed by atoms with E-state index >= 15 is 0 Å². The highest BCUT2D eigenvalue weighted by molar-refractivity contribution is 7.80. The molecule has 0 aromatic heterocycles. The summed E-state index contributed by atoms with van der Waals surface area (Å²) in [7, 11) is 0. The average molecular weight is 296 g/mol. The van der Waals surface area contributed by atoms with E-state index < -0.39 is 17.6 Å². The molecule has 106 valence electrons. The Morgan fingerprint density at radius 3 is 2.53 bits per heavy atom. The lowest BCUT2D eigenvalue weighted by molar-refractivity contribution is -0.137. The molecule has 0 radical (unpaired) electrons. The first kappa shape index (κ1) is 15.6. The van der Waals surface area contributed by atoms with Gasteiger partial charge in [0.2, 0.25) is 0 Å². The topological polar surface area (TPSA) is 44.3 Å². The van der Waals surface area contributed by atoms with Crippen LogP contribution in [-0.4, -0.2) is 23.4 Å². The number of benzene rings is 1. The van der Waals surface area contributed by atoms with Gasteiger partial charge in [-0.3, -0.25) is 0 Å². The largest absolute Gasteiger partial charge is 0.416 e. The van der Waals surface area contributed by atoms with Crippen LogP contribution in [0.2, 0.25) is 0 Å². The maximum absolute atomic E-state index is 13.3. The van der Waals surface area contributed by atoms with Crippen molar-refractivity contribution in [3.8, 4) is 0 Å². The van der Waals surface area contributed by atoms with Gasteiger partial charge in [0.25, 0.3) is 0 Å². The third-order valence-electron chi connectivity index (χ3n) is 2.21. The maximum Gasteiger partial charge on any atom is 0.416 e. The van der Waals surface area contributed by atoms with Gasteiger partial charge in [0.1, 0.15) is 5.82 Å². The molecule has 1 rings (SSSR count). The second kappa shape index (κ2) is 6.67. The van der Waals surface area contributed by atoms with Gasteiger partial charge in [-0.1, -0.05) is 0 Å². The van der Waals surface area contributed by atoms with Gasteiger partial charge in [-0.25, -0.2) is 4.39 Å². The van der Waals surface area contributed by atoms with E-state index in [1.54, 1.807) is 0 Å². The molecule has 0 saturated heterocycles. The second-order valence-electron chi connectivity index (χ2n) is 3.64. The standard InChI is InChI=1S/C11H12F4N2OS/c12-9-2-1-8(11(13,14)15)5-7(9)6-17-10(19)16-3-4-18/h1-2,5,18H,3-4,6H2,(H2,16,17,19). The molecule has 1 aromatic rings. The van der Waals surface area contributed by atoms with E-state index in [1.807, 2.05) is 0 Å². The molecule has 0 aliphatic rings. The van der Waals surface area contributed by atoms with E-state index in [-0.39, 0.29) is 30.4 Å². The van der Waals surface area contributed by atoms with Gasteiger partial charge in [-0.05, 0) is 30.4 Å². The number of hydrogen-bond donors (Lipinski definition) is 3. The number of hydrogen-bond acceptors (Lipinski definition) is 2. The van der Waals surface area contributed by atoms with Crippen molar-refractivity contribution in [3.05, 3.63) is 35.1 Å². The van der Waals surface area contributed by atoms with E-state index in [9.17, 15) is 17.6 Å². The van der Waals surface area contributed by atoms with Crippen molar-refractivity contribution in [3.63, 3.8) is 0 Å². The summed E-state index contributed by atoms with van der Waals surface area (Å²) in [6.45, 7) is -0.107. The lowest BCUT2D eigenvalue weighted by Gasteiger charge is -2.12. The molecule has 0 atom stereocenters. The predicted molar refractivity (Wildman–Crippen MR) is 65.9 cm³/mol. The van der Waals surface area contributed by atoms with Crippen LogP contribution in [-0.2, 0) is 12.7 Å². The van der Waals surface area contributed by atoms with Crippen molar-refractivity contribution in [2.24, 2.45) is 0 Å². The SMILES string of the molecule is OCCNC(=S)NCc1cc(C(F)(F)F)ccc1F. The quantitative estimate of drug-likeness (QED) is 0.585. The number of thiocarbonyl (C=S) groups is 1. The summed E-state index contributed by atoms with van der Waals surface area (Å²) in [5, 5.41) is 13.8. The van der Waals surface area contributed by atoms with E-state index in [2.05, 4.69) is 10.6 Å². The van der Waals surface area contributed by atoms with Crippen molar-refractivity contribution in [1.29, 1.82) is 0 Å². The second-order valence-corrected chi connectivity index (χ2v) is 4.05. The Labute approximate surface area is 112 Å². The van der Waals surface area contributed by atoms with Crippen LogP contribution < -0.4 is 10.6 Å². The minimum absolute atomic E-state index is 0.130. The number of aliphatic hydroxyl groups excluding tert-OH is 1. The van der Waals surface area contributed by atoms with Gasteiger partial charge >= 0.3 is 6.18 Å². The minimum atomic E-state index is -4.52. The van der Waals surface area contributed by atoms with Crippen LogP contribution in [0, 0.1) is 5.82 Å². The van der Waals surface area contributed by atoms with Crippen LogP contribution in [0.4, 0.5) is 17.6 Å². The van der Waals surface area contributed by atoms with E-state index in [0.29, 0.717) is 6.07 Å². The van der Waals surface area contributed by atoms with Gasteiger partial charge in [-0.2, -0.15) is 13.2 Å². The maximum atomic E-state index is 13.3. The molecule has 8 heteroatoms. The Hall–Kier alpha value is -1.41. The molecular formula is C11H12F4N2OS. The summed E-state index contributed by atoms with van der Waals surface area (Å²) in [6, 6.07) is 2.18.